The van der Waals surface area contributed by atoms with Gasteiger partial charge in [0.2, 0.25) is 0 Å². The van der Waals surface area contributed by atoms with E-state index in [0.717, 1.165) is 41.3 Å². The van der Waals surface area contributed by atoms with Gasteiger partial charge in [-0.05, 0) is 30.7 Å². The highest BCUT2D eigenvalue weighted by Gasteiger charge is 2.25. The Morgan fingerprint density at radius 3 is 2.59 bits per heavy atom. The van der Waals surface area contributed by atoms with Gasteiger partial charge in [0, 0.05) is 32.1 Å². The lowest BCUT2D eigenvalue weighted by molar-refractivity contribution is 0.0735. The summed E-state index contributed by atoms with van der Waals surface area (Å²) in [6.45, 7) is 6.98. The van der Waals surface area contributed by atoms with E-state index < -0.39 is 0 Å². The Morgan fingerprint density at radius 2 is 1.84 bits per heavy atom. The molecule has 4 aromatic rings. The maximum absolute atomic E-state index is 12.7. The van der Waals surface area contributed by atoms with E-state index in [0.29, 0.717) is 25.4 Å². The SMILES string of the molecule is CC(C)c1nc(N2CCCN(C(=O)c3ccco3)CC2)c2cnn(-c3ccccc3)c2n1. The lowest BCUT2D eigenvalue weighted by atomic mass is 10.2. The summed E-state index contributed by atoms with van der Waals surface area (Å²) in [6, 6.07) is 13.5. The molecule has 1 aromatic carbocycles. The van der Waals surface area contributed by atoms with Crippen molar-refractivity contribution in [2.24, 2.45) is 0 Å². The van der Waals surface area contributed by atoms with E-state index in [1.54, 1.807) is 12.1 Å². The molecule has 32 heavy (non-hydrogen) atoms. The van der Waals surface area contributed by atoms with Gasteiger partial charge in [-0.1, -0.05) is 32.0 Å². The molecule has 0 atom stereocenters. The number of furan rings is 1. The van der Waals surface area contributed by atoms with E-state index in [1.165, 1.54) is 6.26 Å². The third-order valence-electron chi connectivity index (χ3n) is 5.76. The first-order chi connectivity index (χ1) is 15.6. The fourth-order valence-corrected chi connectivity index (χ4v) is 4.06. The molecule has 4 heterocycles. The van der Waals surface area contributed by atoms with E-state index in [9.17, 15) is 4.79 Å². The fourth-order valence-electron chi connectivity index (χ4n) is 4.06. The first-order valence-electron chi connectivity index (χ1n) is 11.0. The van der Waals surface area contributed by atoms with Gasteiger partial charge in [0.1, 0.15) is 11.6 Å². The molecule has 0 bridgehead atoms. The largest absolute Gasteiger partial charge is 0.459 e. The van der Waals surface area contributed by atoms with Crippen LogP contribution in [0.4, 0.5) is 5.82 Å². The Balaban J connectivity index is 1.49. The minimum Gasteiger partial charge on any atom is -0.459 e. The van der Waals surface area contributed by atoms with Gasteiger partial charge >= 0.3 is 0 Å². The average Bonchev–Trinajstić information content (AvgIpc) is 3.44. The fraction of sp³-hybridized carbons (Fsp3) is 0.333. The van der Waals surface area contributed by atoms with Crippen molar-refractivity contribution in [1.29, 1.82) is 0 Å². The molecule has 0 saturated carbocycles. The van der Waals surface area contributed by atoms with E-state index in [-0.39, 0.29) is 11.8 Å². The minimum atomic E-state index is -0.0653. The van der Waals surface area contributed by atoms with Crippen LogP contribution in [0, 0.1) is 0 Å². The van der Waals surface area contributed by atoms with Crippen molar-refractivity contribution in [2.75, 3.05) is 31.1 Å². The zero-order chi connectivity index (χ0) is 22.1. The van der Waals surface area contributed by atoms with Gasteiger partial charge in [0.05, 0.1) is 23.5 Å². The number of carbonyl (C=O) groups is 1. The zero-order valence-corrected chi connectivity index (χ0v) is 18.3. The number of rotatable bonds is 4. The van der Waals surface area contributed by atoms with Gasteiger partial charge in [0.15, 0.2) is 11.4 Å². The Hall–Kier alpha value is -3.68. The lowest BCUT2D eigenvalue weighted by Gasteiger charge is -2.23. The van der Waals surface area contributed by atoms with Crippen LogP contribution in [0.1, 0.15) is 42.6 Å². The van der Waals surface area contributed by atoms with Crippen LogP contribution in [-0.2, 0) is 0 Å². The van der Waals surface area contributed by atoms with E-state index in [1.807, 2.05) is 46.1 Å². The molecule has 0 radical (unpaired) electrons. The molecule has 5 rings (SSSR count). The summed E-state index contributed by atoms with van der Waals surface area (Å²) in [5, 5.41) is 5.55. The van der Waals surface area contributed by atoms with Gasteiger partial charge in [0.25, 0.3) is 5.91 Å². The summed E-state index contributed by atoms with van der Waals surface area (Å²) in [5.74, 6) is 2.17. The molecule has 1 aliphatic rings. The number of nitrogens with zero attached hydrogens (tertiary/aromatic N) is 6. The summed E-state index contributed by atoms with van der Waals surface area (Å²) in [4.78, 5) is 26.6. The number of fused-ring (bicyclic) bond motifs is 1. The summed E-state index contributed by atoms with van der Waals surface area (Å²) >= 11 is 0. The third kappa shape index (κ3) is 3.72. The molecule has 3 aromatic heterocycles. The van der Waals surface area contributed by atoms with Gasteiger partial charge in [-0.15, -0.1) is 0 Å². The standard InChI is InChI=1S/C24H26N6O2/c1-17(2)21-26-22(19-16-25-30(23(19)27-21)18-8-4-3-5-9-18)28-11-7-12-29(14-13-28)24(31)20-10-6-15-32-20/h3-6,8-10,15-17H,7,11-14H2,1-2H3. The summed E-state index contributed by atoms with van der Waals surface area (Å²) in [7, 11) is 0. The van der Waals surface area contributed by atoms with Gasteiger partial charge < -0.3 is 14.2 Å². The molecular weight excluding hydrogens is 404 g/mol. The van der Waals surface area contributed by atoms with Crippen molar-refractivity contribution in [3.05, 3.63) is 66.5 Å². The highest BCUT2D eigenvalue weighted by atomic mass is 16.3. The monoisotopic (exact) mass is 430 g/mol. The molecule has 0 N–H and O–H groups in total. The molecule has 8 nitrogen and oxygen atoms in total. The van der Waals surface area contributed by atoms with Crippen LogP contribution < -0.4 is 4.90 Å². The molecule has 164 valence electrons. The molecule has 1 fully saturated rings. The van der Waals surface area contributed by atoms with Crippen molar-refractivity contribution < 1.29 is 9.21 Å². The van der Waals surface area contributed by atoms with Crippen LogP contribution in [0.15, 0.2) is 59.3 Å². The topological polar surface area (TPSA) is 80.3 Å². The Morgan fingerprint density at radius 1 is 1.00 bits per heavy atom. The van der Waals surface area contributed by atoms with Crippen LogP contribution in [-0.4, -0.2) is 56.7 Å². The third-order valence-corrected chi connectivity index (χ3v) is 5.76. The highest BCUT2D eigenvalue weighted by molar-refractivity contribution is 5.91. The Bertz CT molecular complexity index is 1220. The highest BCUT2D eigenvalue weighted by Crippen LogP contribution is 2.28. The lowest BCUT2D eigenvalue weighted by Crippen LogP contribution is -2.35. The maximum atomic E-state index is 12.7. The van der Waals surface area contributed by atoms with Crippen LogP contribution in [0.25, 0.3) is 16.7 Å². The van der Waals surface area contributed by atoms with E-state index in [2.05, 4.69) is 23.8 Å². The summed E-state index contributed by atoms with van der Waals surface area (Å²) in [6.07, 6.45) is 4.23. The number of hydrogen-bond donors (Lipinski definition) is 0. The van der Waals surface area contributed by atoms with Gasteiger partial charge in [-0.25, -0.2) is 14.6 Å². The normalized spacial score (nSPS) is 14.8. The quantitative estimate of drug-likeness (QED) is 0.489. The summed E-state index contributed by atoms with van der Waals surface area (Å²) < 4.78 is 7.18. The molecule has 0 spiro atoms. The molecule has 1 saturated heterocycles. The van der Waals surface area contributed by atoms with Crippen LogP contribution >= 0.6 is 0 Å². The predicted molar refractivity (Wildman–Crippen MR) is 122 cm³/mol. The second-order valence-electron chi connectivity index (χ2n) is 8.30. The van der Waals surface area contributed by atoms with Crippen molar-refractivity contribution in [3.63, 3.8) is 0 Å². The predicted octanol–water partition coefficient (Wildman–Crippen LogP) is 3.88. The number of para-hydroxylation sites is 1. The minimum absolute atomic E-state index is 0.0653. The second-order valence-corrected chi connectivity index (χ2v) is 8.30. The number of anilines is 1. The maximum Gasteiger partial charge on any atom is 0.289 e. The Labute approximate surface area is 186 Å². The second kappa shape index (κ2) is 8.45. The first-order valence-corrected chi connectivity index (χ1v) is 11.0. The zero-order valence-electron chi connectivity index (χ0n) is 18.3. The van der Waals surface area contributed by atoms with Crippen molar-refractivity contribution in [2.45, 2.75) is 26.2 Å². The molecule has 0 aliphatic carbocycles. The van der Waals surface area contributed by atoms with Crippen LogP contribution in [0.3, 0.4) is 0 Å². The Kier molecular flexibility index (Phi) is 5.34. The van der Waals surface area contributed by atoms with Crippen molar-refractivity contribution in [1.82, 2.24) is 24.6 Å². The van der Waals surface area contributed by atoms with Gasteiger partial charge in [-0.2, -0.15) is 5.10 Å². The molecule has 0 unspecified atom stereocenters. The number of aromatic nitrogens is 4. The van der Waals surface area contributed by atoms with E-state index in [4.69, 9.17) is 14.4 Å². The molecular formula is C24H26N6O2. The molecule has 1 aliphatic heterocycles. The van der Waals surface area contributed by atoms with E-state index >= 15 is 0 Å². The van der Waals surface area contributed by atoms with Gasteiger partial charge in [-0.3, -0.25) is 4.79 Å². The smallest absolute Gasteiger partial charge is 0.289 e. The molecule has 1 amide bonds. The first kappa shape index (κ1) is 20.2. The van der Waals surface area contributed by atoms with Crippen molar-refractivity contribution in [3.8, 4) is 5.69 Å². The molecule has 8 heteroatoms. The summed E-state index contributed by atoms with van der Waals surface area (Å²) in [5.41, 5.74) is 1.77. The number of carbonyl (C=O) groups excluding carboxylic acids is 1. The average molecular weight is 431 g/mol. The van der Waals surface area contributed by atoms with Crippen LogP contribution in [0.2, 0.25) is 0 Å². The van der Waals surface area contributed by atoms with Crippen molar-refractivity contribution >= 4 is 22.8 Å². The number of benzene rings is 1. The van der Waals surface area contributed by atoms with Crippen LogP contribution in [0.5, 0.6) is 0 Å². The number of amides is 1. The number of hydrogen-bond acceptors (Lipinski definition) is 6.